The Balaban J connectivity index is 1.48. The maximum atomic E-state index is 9.30. The molecule has 0 heterocycles. The van der Waals surface area contributed by atoms with E-state index in [1.54, 1.807) is 5.57 Å². The summed E-state index contributed by atoms with van der Waals surface area (Å²) in [5.41, 5.74) is 3.43. The van der Waals surface area contributed by atoms with Gasteiger partial charge in [0.1, 0.15) is 0 Å². The first-order chi connectivity index (χ1) is 14.7. The lowest BCUT2D eigenvalue weighted by atomic mass is 9.46. The van der Waals surface area contributed by atoms with Gasteiger partial charge >= 0.3 is 0 Å². The first-order valence-electron chi connectivity index (χ1n) is 13.7. The normalized spacial score (nSPS) is 43.2. The van der Waals surface area contributed by atoms with Crippen LogP contribution < -0.4 is 0 Å². The minimum Gasteiger partial charge on any atom is -0.411 e. The fourth-order valence-electron chi connectivity index (χ4n) is 9.31. The first-order valence-corrected chi connectivity index (χ1v) is 13.7. The highest BCUT2D eigenvalue weighted by atomic mass is 16.4. The Hall–Kier alpha value is -0.790. The summed E-state index contributed by atoms with van der Waals surface area (Å²) in [6.07, 6.45) is 17.0. The molecule has 0 spiro atoms. The van der Waals surface area contributed by atoms with Gasteiger partial charge in [-0.2, -0.15) is 0 Å². The monoisotopic (exact) mass is 427 g/mol. The molecule has 0 radical (unpaired) electrons. The number of allylic oxidation sites excluding steroid dienone is 2. The predicted octanol–water partition coefficient (Wildman–Crippen LogP) is 8.49. The van der Waals surface area contributed by atoms with Crippen molar-refractivity contribution in [2.45, 2.75) is 112 Å². The van der Waals surface area contributed by atoms with E-state index in [0.29, 0.717) is 10.8 Å². The van der Waals surface area contributed by atoms with Gasteiger partial charge in [0.15, 0.2) is 0 Å². The van der Waals surface area contributed by atoms with Crippen LogP contribution in [0.15, 0.2) is 16.8 Å². The summed E-state index contributed by atoms with van der Waals surface area (Å²) in [4.78, 5) is 0. The number of hydrogen-bond acceptors (Lipinski definition) is 2. The molecule has 2 heteroatoms. The van der Waals surface area contributed by atoms with Crippen molar-refractivity contribution in [3.05, 3.63) is 11.6 Å². The third-order valence-electron chi connectivity index (χ3n) is 11.3. The molecule has 3 fully saturated rings. The zero-order valence-electron chi connectivity index (χ0n) is 21.3. The maximum Gasteiger partial charge on any atom is 0.0795 e. The van der Waals surface area contributed by atoms with Gasteiger partial charge in [0, 0.05) is 0 Å². The van der Waals surface area contributed by atoms with Crippen molar-refractivity contribution in [2.24, 2.45) is 57.4 Å². The van der Waals surface area contributed by atoms with Crippen LogP contribution in [0.5, 0.6) is 0 Å². The van der Waals surface area contributed by atoms with Gasteiger partial charge in [-0.3, -0.25) is 0 Å². The summed E-state index contributed by atoms with van der Waals surface area (Å²) >= 11 is 0. The molecule has 0 aliphatic heterocycles. The third-order valence-corrected chi connectivity index (χ3v) is 11.3. The highest BCUT2D eigenvalue weighted by Gasteiger charge is 2.59. The minimum absolute atomic E-state index is 0.355. The minimum atomic E-state index is 0.355. The zero-order valence-corrected chi connectivity index (χ0v) is 21.3. The SMILES string of the molecule is CCC(CC[C@@H](C)[C@H]1CC[C@H]2[C@@H]3CCC4=C/C(=N/O)CC[C@]4(C)[C@H]3CC[C@]12C)C(C)C. The van der Waals surface area contributed by atoms with Crippen molar-refractivity contribution in [1.82, 2.24) is 0 Å². The Morgan fingerprint density at radius 3 is 2.45 bits per heavy atom. The van der Waals surface area contributed by atoms with Crippen LogP contribution in [0, 0.1) is 52.3 Å². The second-order valence-corrected chi connectivity index (χ2v) is 12.8. The molecule has 0 saturated heterocycles. The summed E-state index contributed by atoms with van der Waals surface area (Å²) in [5.74, 6) is 6.27. The lowest BCUT2D eigenvalue weighted by Crippen LogP contribution is -2.51. The smallest absolute Gasteiger partial charge is 0.0795 e. The molecule has 3 saturated carbocycles. The van der Waals surface area contributed by atoms with E-state index >= 15 is 0 Å². The fraction of sp³-hybridized carbons (Fsp3) is 0.897. The van der Waals surface area contributed by atoms with Gasteiger partial charge in [-0.25, -0.2) is 0 Å². The molecule has 31 heavy (non-hydrogen) atoms. The van der Waals surface area contributed by atoms with Crippen LogP contribution in [0.3, 0.4) is 0 Å². The van der Waals surface area contributed by atoms with E-state index in [1.165, 1.54) is 64.2 Å². The van der Waals surface area contributed by atoms with Crippen LogP contribution in [0.2, 0.25) is 0 Å². The summed E-state index contributed by atoms with van der Waals surface area (Å²) < 4.78 is 0. The quantitative estimate of drug-likeness (QED) is 0.334. The predicted molar refractivity (Wildman–Crippen MR) is 131 cm³/mol. The Bertz CT molecular complexity index is 708. The molecular weight excluding hydrogens is 378 g/mol. The van der Waals surface area contributed by atoms with E-state index in [-0.39, 0.29) is 0 Å². The van der Waals surface area contributed by atoms with Crippen LogP contribution in [0.1, 0.15) is 112 Å². The van der Waals surface area contributed by atoms with E-state index in [2.05, 4.69) is 52.8 Å². The molecule has 4 rings (SSSR count). The van der Waals surface area contributed by atoms with Gasteiger partial charge < -0.3 is 5.21 Å². The molecule has 4 aliphatic carbocycles. The number of hydrogen-bond donors (Lipinski definition) is 1. The highest BCUT2D eigenvalue weighted by Crippen LogP contribution is 2.67. The standard InChI is InChI=1S/C29H49NO/c1-7-21(19(2)3)9-8-20(4)25-12-13-26-24-11-10-22-18-23(30-31)14-16-28(22,5)27(24)15-17-29(25,26)6/h18-21,24-27,31H,7-17H2,1-6H3/b30-23+/t20-,21?,24+,25-,26+,27+,28+,29-/m1/s1. The molecule has 1 N–H and O–H groups in total. The van der Waals surface area contributed by atoms with Crippen molar-refractivity contribution in [2.75, 3.05) is 0 Å². The molecular formula is C29H49NO. The van der Waals surface area contributed by atoms with Crippen LogP contribution in [0.25, 0.3) is 0 Å². The third kappa shape index (κ3) is 3.93. The van der Waals surface area contributed by atoms with Gasteiger partial charge in [0.2, 0.25) is 0 Å². The Morgan fingerprint density at radius 2 is 1.77 bits per heavy atom. The van der Waals surface area contributed by atoms with Gasteiger partial charge in [-0.15, -0.1) is 0 Å². The molecule has 0 bridgehead atoms. The van der Waals surface area contributed by atoms with E-state index in [4.69, 9.17) is 0 Å². The van der Waals surface area contributed by atoms with Gasteiger partial charge in [0.05, 0.1) is 5.71 Å². The highest BCUT2D eigenvalue weighted by molar-refractivity contribution is 5.96. The Kier molecular flexibility index (Phi) is 6.68. The first kappa shape index (κ1) is 23.4. The number of oxime groups is 1. The second-order valence-electron chi connectivity index (χ2n) is 12.8. The van der Waals surface area contributed by atoms with Gasteiger partial charge in [-0.05, 0) is 116 Å². The summed E-state index contributed by atoms with van der Waals surface area (Å²) in [7, 11) is 0. The van der Waals surface area contributed by atoms with Crippen molar-refractivity contribution < 1.29 is 5.21 Å². The van der Waals surface area contributed by atoms with Gasteiger partial charge in [-0.1, -0.05) is 65.1 Å². The van der Waals surface area contributed by atoms with Crippen LogP contribution >= 0.6 is 0 Å². The molecule has 1 unspecified atom stereocenters. The van der Waals surface area contributed by atoms with Gasteiger partial charge in [0.25, 0.3) is 0 Å². The largest absolute Gasteiger partial charge is 0.411 e. The van der Waals surface area contributed by atoms with E-state index < -0.39 is 0 Å². The molecule has 0 aromatic carbocycles. The van der Waals surface area contributed by atoms with Crippen molar-refractivity contribution >= 4 is 5.71 Å². The summed E-state index contributed by atoms with van der Waals surface area (Å²) in [6, 6.07) is 0. The summed E-state index contributed by atoms with van der Waals surface area (Å²) in [6.45, 7) is 15.1. The zero-order chi connectivity index (χ0) is 22.4. The van der Waals surface area contributed by atoms with Crippen molar-refractivity contribution in [1.29, 1.82) is 0 Å². The van der Waals surface area contributed by atoms with E-state index in [0.717, 1.165) is 53.6 Å². The number of rotatable bonds is 6. The van der Waals surface area contributed by atoms with E-state index in [1.807, 2.05) is 0 Å². The van der Waals surface area contributed by atoms with E-state index in [9.17, 15) is 5.21 Å². The molecule has 0 aromatic heterocycles. The maximum absolute atomic E-state index is 9.30. The van der Waals surface area contributed by atoms with Crippen LogP contribution in [-0.2, 0) is 0 Å². The average Bonchev–Trinajstić information content (AvgIpc) is 3.10. The Labute approximate surface area is 192 Å². The average molecular weight is 428 g/mol. The van der Waals surface area contributed by atoms with Crippen molar-refractivity contribution in [3.8, 4) is 0 Å². The molecule has 2 nitrogen and oxygen atoms in total. The van der Waals surface area contributed by atoms with Crippen molar-refractivity contribution in [3.63, 3.8) is 0 Å². The van der Waals surface area contributed by atoms with Crippen LogP contribution in [0.4, 0.5) is 0 Å². The number of fused-ring (bicyclic) bond motifs is 5. The van der Waals surface area contributed by atoms with Crippen LogP contribution in [-0.4, -0.2) is 10.9 Å². The lowest BCUT2D eigenvalue weighted by Gasteiger charge is -2.58. The Morgan fingerprint density at radius 1 is 1.00 bits per heavy atom. The second kappa shape index (κ2) is 8.86. The fourth-order valence-corrected chi connectivity index (χ4v) is 9.31. The molecule has 0 amide bonds. The molecule has 176 valence electrons. The number of nitrogens with zero attached hydrogens (tertiary/aromatic N) is 1. The molecule has 4 aliphatic rings. The molecule has 8 atom stereocenters. The lowest BCUT2D eigenvalue weighted by molar-refractivity contribution is -0.0576. The summed E-state index contributed by atoms with van der Waals surface area (Å²) in [5, 5.41) is 12.9. The topological polar surface area (TPSA) is 32.6 Å². The molecule has 0 aromatic rings.